The minimum Gasteiger partial charge on any atom is -0.487 e. The van der Waals surface area contributed by atoms with Crippen LogP contribution < -0.4 is 10.3 Å². The molecule has 1 N–H and O–H groups in total. The van der Waals surface area contributed by atoms with Crippen LogP contribution in [0, 0.1) is 0 Å². The molecule has 0 aliphatic carbocycles. The Bertz CT molecular complexity index is 1140. The summed E-state index contributed by atoms with van der Waals surface area (Å²) in [6.45, 7) is 1.75. The zero-order chi connectivity index (χ0) is 21.8. The van der Waals surface area contributed by atoms with E-state index in [1.165, 1.54) is 16.5 Å². The monoisotopic (exact) mass is 439 g/mol. The molecule has 8 heteroatoms. The molecule has 1 amide bonds. The van der Waals surface area contributed by atoms with Crippen LogP contribution in [0.25, 0.3) is 0 Å². The molecule has 0 unspecified atom stereocenters. The van der Waals surface area contributed by atoms with Gasteiger partial charge in [-0.3, -0.25) is 9.78 Å². The summed E-state index contributed by atoms with van der Waals surface area (Å²) in [4.78, 5) is 29.2. The van der Waals surface area contributed by atoms with Gasteiger partial charge in [0.1, 0.15) is 12.4 Å². The first-order valence-electron chi connectivity index (χ1n) is 10.0. The first-order valence-corrected chi connectivity index (χ1v) is 10.4. The Kier molecular flexibility index (Phi) is 6.23. The Morgan fingerprint density at radius 1 is 1.16 bits per heavy atom. The molecule has 160 valence electrons. The minimum absolute atomic E-state index is 0.128. The van der Waals surface area contributed by atoms with Crippen molar-refractivity contribution in [3.8, 4) is 5.75 Å². The summed E-state index contributed by atoms with van der Waals surface area (Å²) in [5.74, 6) is 0.495. The number of pyridine rings is 2. The number of rotatable bonds is 6. The summed E-state index contributed by atoms with van der Waals surface area (Å²) < 4.78 is 7.31. The second-order valence-electron chi connectivity index (χ2n) is 7.46. The molecule has 7 nitrogen and oxygen atoms in total. The van der Waals surface area contributed by atoms with Crippen molar-refractivity contribution >= 4 is 17.7 Å². The topological polar surface area (TPSA) is 84.7 Å². The standard InChI is InChI=1S/C23H22ClN3O4/c24-19-3-4-20(25-13-19)15-31-21-7-10-26(22(28)12-21)8-5-16-1-2-18-14-27(23(29)30)9-6-17(18)11-16/h1-4,7,10-13H,5-6,8-9,14-15H2,(H,29,30). The third-order valence-electron chi connectivity index (χ3n) is 5.34. The fourth-order valence-corrected chi connectivity index (χ4v) is 3.70. The number of hydrogen-bond acceptors (Lipinski definition) is 4. The number of aryl methyl sites for hydroxylation is 2. The number of benzene rings is 1. The van der Waals surface area contributed by atoms with Gasteiger partial charge in [0.25, 0.3) is 5.56 Å². The van der Waals surface area contributed by atoms with Crippen molar-refractivity contribution in [2.45, 2.75) is 32.5 Å². The lowest BCUT2D eigenvalue weighted by atomic mass is 9.96. The van der Waals surface area contributed by atoms with Gasteiger partial charge in [0.2, 0.25) is 0 Å². The smallest absolute Gasteiger partial charge is 0.407 e. The Hall–Kier alpha value is -3.32. The summed E-state index contributed by atoms with van der Waals surface area (Å²) in [6, 6.07) is 12.9. The van der Waals surface area contributed by atoms with E-state index in [2.05, 4.69) is 11.1 Å². The highest BCUT2D eigenvalue weighted by Gasteiger charge is 2.19. The molecule has 0 atom stereocenters. The third kappa shape index (κ3) is 5.24. The molecule has 31 heavy (non-hydrogen) atoms. The van der Waals surface area contributed by atoms with Crippen molar-refractivity contribution < 1.29 is 14.6 Å². The first kappa shape index (κ1) is 20.9. The van der Waals surface area contributed by atoms with Gasteiger partial charge in [-0.05, 0) is 47.7 Å². The molecule has 0 saturated carbocycles. The first-order chi connectivity index (χ1) is 15.0. The number of ether oxygens (including phenoxy) is 1. The van der Waals surface area contributed by atoms with Gasteiger partial charge in [0.05, 0.1) is 10.7 Å². The maximum Gasteiger partial charge on any atom is 0.407 e. The highest BCUT2D eigenvalue weighted by molar-refractivity contribution is 6.30. The number of carbonyl (C=O) groups is 1. The average molecular weight is 440 g/mol. The molecule has 0 bridgehead atoms. The van der Waals surface area contributed by atoms with E-state index in [1.807, 2.05) is 12.1 Å². The molecule has 1 aliphatic rings. The molecule has 0 radical (unpaired) electrons. The lowest BCUT2D eigenvalue weighted by molar-refractivity contribution is 0.140. The predicted molar refractivity (Wildman–Crippen MR) is 117 cm³/mol. The molecule has 0 saturated heterocycles. The van der Waals surface area contributed by atoms with Crippen LogP contribution in [-0.2, 0) is 32.5 Å². The van der Waals surface area contributed by atoms with Gasteiger partial charge in [0.15, 0.2) is 0 Å². The minimum atomic E-state index is -0.883. The van der Waals surface area contributed by atoms with Crippen LogP contribution in [0.1, 0.15) is 22.4 Å². The largest absolute Gasteiger partial charge is 0.487 e. The Labute approximate surface area is 184 Å². The molecular weight excluding hydrogens is 418 g/mol. The fourth-order valence-electron chi connectivity index (χ4n) is 3.59. The van der Waals surface area contributed by atoms with Crippen LogP contribution in [0.3, 0.4) is 0 Å². The second kappa shape index (κ2) is 9.22. The van der Waals surface area contributed by atoms with Gasteiger partial charge < -0.3 is 19.3 Å². The van der Waals surface area contributed by atoms with Crippen molar-refractivity contribution in [1.82, 2.24) is 14.5 Å². The molecule has 0 fully saturated rings. The quantitative estimate of drug-likeness (QED) is 0.632. The number of fused-ring (bicyclic) bond motifs is 1. The van der Waals surface area contributed by atoms with E-state index >= 15 is 0 Å². The lowest BCUT2D eigenvalue weighted by Crippen LogP contribution is -2.34. The molecule has 1 aliphatic heterocycles. The van der Waals surface area contributed by atoms with Crippen LogP contribution in [0.5, 0.6) is 5.75 Å². The van der Waals surface area contributed by atoms with Crippen molar-refractivity contribution in [3.05, 3.63) is 92.6 Å². The lowest BCUT2D eigenvalue weighted by Gasteiger charge is -2.26. The molecule has 3 heterocycles. The summed E-state index contributed by atoms with van der Waals surface area (Å²) in [6.07, 6.45) is 3.83. The van der Waals surface area contributed by atoms with Crippen molar-refractivity contribution in [3.63, 3.8) is 0 Å². The Morgan fingerprint density at radius 3 is 2.77 bits per heavy atom. The van der Waals surface area contributed by atoms with Gasteiger partial charge >= 0.3 is 6.09 Å². The summed E-state index contributed by atoms with van der Waals surface area (Å²) >= 11 is 5.82. The number of carboxylic acid groups (broad SMARTS) is 1. The highest BCUT2D eigenvalue weighted by atomic mass is 35.5. The van der Waals surface area contributed by atoms with E-state index in [-0.39, 0.29) is 12.2 Å². The number of nitrogens with zero attached hydrogens (tertiary/aromatic N) is 3. The van der Waals surface area contributed by atoms with Crippen LogP contribution in [0.15, 0.2) is 59.7 Å². The second-order valence-corrected chi connectivity index (χ2v) is 7.89. The molecule has 3 aromatic rings. The van der Waals surface area contributed by atoms with Gasteiger partial charge in [-0.25, -0.2) is 4.79 Å². The van der Waals surface area contributed by atoms with E-state index < -0.39 is 6.09 Å². The molecular formula is C23H22ClN3O4. The van der Waals surface area contributed by atoms with Crippen LogP contribution in [0.4, 0.5) is 4.79 Å². The van der Waals surface area contributed by atoms with Crippen molar-refractivity contribution in [2.75, 3.05) is 6.54 Å². The Balaban J connectivity index is 1.35. The number of halogens is 1. The van der Waals surface area contributed by atoms with Crippen LogP contribution in [-0.4, -0.2) is 32.2 Å². The highest BCUT2D eigenvalue weighted by Crippen LogP contribution is 2.21. The number of aromatic nitrogens is 2. The van der Waals surface area contributed by atoms with Crippen LogP contribution in [0.2, 0.25) is 5.02 Å². The van der Waals surface area contributed by atoms with Gasteiger partial charge in [0, 0.05) is 38.1 Å². The average Bonchev–Trinajstić information content (AvgIpc) is 2.77. The maximum atomic E-state index is 12.4. The molecule has 1 aromatic carbocycles. The normalized spacial score (nSPS) is 13.0. The van der Waals surface area contributed by atoms with E-state index in [4.69, 9.17) is 21.4 Å². The molecule has 0 spiro atoms. The van der Waals surface area contributed by atoms with Crippen molar-refractivity contribution in [1.29, 1.82) is 0 Å². The summed E-state index contributed by atoms with van der Waals surface area (Å²) in [5, 5.41) is 9.72. The maximum absolute atomic E-state index is 12.4. The zero-order valence-electron chi connectivity index (χ0n) is 16.8. The summed E-state index contributed by atoms with van der Waals surface area (Å²) in [5.41, 5.74) is 3.96. The van der Waals surface area contributed by atoms with E-state index in [1.54, 1.807) is 35.2 Å². The van der Waals surface area contributed by atoms with E-state index in [9.17, 15) is 9.59 Å². The Morgan fingerprint density at radius 2 is 2.03 bits per heavy atom. The zero-order valence-corrected chi connectivity index (χ0v) is 17.6. The molecule has 4 rings (SSSR count). The van der Waals surface area contributed by atoms with Crippen LogP contribution >= 0.6 is 11.6 Å². The SMILES string of the molecule is O=C(O)N1CCc2cc(CCn3ccc(OCc4ccc(Cl)cn4)cc3=O)ccc2C1. The van der Waals surface area contributed by atoms with Crippen molar-refractivity contribution in [2.24, 2.45) is 0 Å². The van der Waals surface area contributed by atoms with Gasteiger partial charge in [-0.15, -0.1) is 0 Å². The molecule has 2 aromatic heterocycles. The third-order valence-corrected chi connectivity index (χ3v) is 5.56. The number of amides is 1. The van der Waals surface area contributed by atoms with Gasteiger partial charge in [-0.2, -0.15) is 0 Å². The van der Waals surface area contributed by atoms with E-state index in [0.717, 1.165) is 16.8 Å². The van der Waals surface area contributed by atoms with Gasteiger partial charge in [-0.1, -0.05) is 29.8 Å². The van der Waals surface area contributed by atoms with E-state index in [0.29, 0.717) is 43.2 Å². The fraction of sp³-hybridized carbons (Fsp3) is 0.261. The summed E-state index contributed by atoms with van der Waals surface area (Å²) in [7, 11) is 0. The number of hydrogen-bond donors (Lipinski definition) is 1. The predicted octanol–water partition coefficient (Wildman–Crippen LogP) is 3.75.